The normalized spacial score (nSPS) is 12.3. The van der Waals surface area contributed by atoms with E-state index in [2.05, 4.69) is 21.1 Å². The maximum atomic E-state index is 12.9. The molecule has 5 nitrogen and oxygen atoms in total. The molecule has 28 heavy (non-hydrogen) atoms. The minimum absolute atomic E-state index is 0.113. The summed E-state index contributed by atoms with van der Waals surface area (Å²) >= 11 is 0. The van der Waals surface area contributed by atoms with Crippen LogP contribution in [-0.4, -0.2) is 29.4 Å². The second kappa shape index (κ2) is 8.77. The van der Waals surface area contributed by atoms with Crippen molar-refractivity contribution in [2.45, 2.75) is 30.6 Å². The quantitative estimate of drug-likeness (QED) is 0.573. The first-order chi connectivity index (χ1) is 13.5. The smallest absolute Gasteiger partial charge is 0.179 e. The van der Waals surface area contributed by atoms with E-state index in [0.717, 1.165) is 11.1 Å². The van der Waals surface area contributed by atoms with Crippen LogP contribution in [0.2, 0.25) is 0 Å². The van der Waals surface area contributed by atoms with Gasteiger partial charge in [-0.15, -0.1) is 17.4 Å². The van der Waals surface area contributed by atoms with Crippen molar-refractivity contribution in [2.24, 2.45) is 0 Å². The predicted octanol–water partition coefficient (Wildman–Crippen LogP) is 3.82. The molecule has 1 unspecified atom stereocenters. The van der Waals surface area contributed by atoms with Crippen LogP contribution in [0.15, 0.2) is 65.7 Å². The van der Waals surface area contributed by atoms with Crippen LogP contribution in [0.1, 0.15) is 30.1 Å². The van der Waals surface area contributed by atoms with E-state index in [1.807, 2.05) is 37.3 Å². The largest absolute Gasteiger partial charge is 0.229 e. The Bertz CT molecular complexity index is 1070. The number of terminal acetylenes is 1. The molecule has 1 atom stereocenters. The third-order valence-corrected chi connectivity index (χ3v) is 6.28. The predicted molar refractivity (Wildman–Crippen MR) is 109 cm³/mol. The molecule has 0 aliphatic heterocycles. The fourth-order valence-electron chi connectivity index (χ4n) is 2.89. The van der Waals surface area contributed by atoms with Gasteiger partial charge in [0.1, 0.15) is 0 Å². The summed E-state index contributed by atoms with van der Waals surface area (Å²) in [4.78, 5) is 4.87. The summed E-state index contributed by atoms with van der Waals surface area (Å²) in [5, 5.41) is 8.16. The molecule has 3 aromatic rings. The molecule has 6 heteroatoms. The van der Waals surface area contributed by atoms with Crippen molar-refractivity contribution >= 4 is 9.84 Å². The van der Waals surface area contributed by atoms with Gasteiger partial charge in [0.15, 0.2) is 15.7 Å². The maximum Gasteiger partial charge on any atom is 0.179 e. The van der Waals surface area contributed by atoms with Crippen LogP contribution >= 0.6 is 0 Å². The molecule has 1 aromatic heterocycles. The molecule has 3 rings (SSSR count). The summed E-state index contributed by atoms with van der Waals surface area (Å²) in [5.74, 6) is 2.43. The fourth-order valence-corrected chi connectivity index (χ4v) is 4.48. The summed E-state index contributed by atoms with van der Waals surface area (Å²) < 4.78 is 25.8. The zero-order chi connectivity index (χ0) is 20.0. The van der Waals surface area contributed by atoms with Crippen molar-refractivity contribution in [3.63, 3.8) is 0 Å². The molecule has 0 N–H and O–H groups in total. The molecule has 2 aromatic carbocycles. The molecule has 0 bridgehead atoms. The van der Waals surface area contributed by atoms with E-state index in [1.54, 1.807) is 30.5 Å². The molecule has 0 radical (unpaired) electrons. The van der Waals surface area contributed by atoms with E-state index in [9.17, 15) is 8.42 Å². The van der Waals surface area contributed by atoms with Crippen LogP contribution < -0.4 is 0 Å². The molecule has 0 spiro atoms. The van der Waals surface area contributed by atoms with Crippen LogP contribution in [0, 0.1) is 19.3 Å². The van der Waals surface area contributed by atoms with Crippen molar-refractivity contribution in [1.82, 2.24) is 15.2 Å². The van der Waals surface area contributed by atoms with Gasteiger partial charge in [-0.05, 0) is 25.5 Å². The molecular weight excluding hydrogens is 370 g/mol. The Balaban J connectivity index is 1.92. The van der Waals surface area contributed by atoms with Gasteiger partial charge in [0.25, 0.3) is 0 Å². The molecular formula is C22H21N3O2S. The molecule has 0 saturated heterocycles. The molecule has 1 heterocycles. The van der Waals surface area contributed by atoms with Crippen LogP contribution in [-0.2, 0) is 9.84 Å². The van der Waals surface area contributed by atoms with Gasteiger partial charge in [-0.25, -0.2) is 13.4 Å². The van der Waals surface area contributed by atoms with Crippen LogP contribution in [0.25, 0.3) is 11.3 Å². The summed E-state index contributed by atoms with van der Waals surface area (Å²) in [5.41, 5.74) is 2.56. The number of aryl methyl sites for hydroxylation is 1. The minimum Gasteiger partial charge on any atom is -0.229 e. The van der Waals surface area contributed by atoms with Crippen LogP contribution in [0.3, 0.4) is 0 Å². The van der Waals surface area contributed by atoms with Gasteiger partial charge in [-0.1, -0.05) is 48.0 Å². The second-order valence-electron chi connectivity index (χ2n) is 6.60. The van der Waals surface area contributed by atoms with Crippen molar-refractivity contribution in [1.29, 1.82) is 0 Å². The Morgan fingerprint density at radius 3 is 2.46 bits per heavy atom. The maximum absolute atomic E-state index is 12.9. The first-order valence-corrected chi connectivity index (χ1v) is 10.6. The van der Waals surface area contributed by atoms with Gasteiger partial charge < -0.3 is 0 Å². The molecule has 142 valence electrons. The Hall–Kier alpha value is -3.04. The third kappa shape index (κ3) is 4.81. The van der Waals surface area contributed by atoms with Crippen molar-refractivity contribution in [3.05, 3.63) is 72.2 Å². The Kier molecular flexibility index (Phi) is 6.17. The van der Waals surface area contributed by atoms with Gasteiger partial charge >= 0.3 is 0 Å². The van der Waals surface area contributed by atoms with Crippen LogP contribution in [0.5, 0.6) is 0 Å². The van der Waals surface area contributed by atoms with Crippen molar-refractivity contribution in [3.8, 4) is 23.6 Å². The van der Waals surface area contributed by atoms with Gasteiger partial charge in [0.05, 0.1) is 22.5 Å². The number of hydrogen-bond donors (Lipinski definition) is 0. The number of rotatable bonds is 7. The lowest BCUT2D eigenvalue weighted by atomic mass is 10.0. The Labute approximate surface area is 165 Å². The summed E-state index contributed by atoms with van der Waals surface area (Å²) in [6, 6.07) is 16.4. The lowest BCUT2D eigenvalue weighted by Crippen LogP contribution is -2.18. The summed E-state index contributed by atoms with van der Waals surface area (Å²) in [7, 11) is -3.51. The molecule has 0 amide bonds. The van der Waals surface area contributed by atoms with Gasteiger partial charge in [0.2, 0.25) is 0 Å². The van der Waals surface area contributed by atoms with E-state index in [1.165, 1.54) is 0 Å². The second-order valence-corrected chi connectivity index (χ2v) is 8.63. The number of benzene rings is 2. The molecule has 0 fully saturated rings. The number of aromatic nitrogens is 3. The van der Waals surface area contributed by atoms with Crippen molar-refractivity contribution in [2.75, 3.05) is 5.75 Å². The van der Waals surface area contributed by atoms with Crippen molar-refractivity contribution < 1.29 is 8.42 Å². The molecule has 0 saturated carbocycles. The number of sulfone groups is 1. The topological polar surface area (TPSA) is 72.8 Å². The highest BCUT2D eigenvalue weighted by molar-refractivity contribution is 7.91. The summed E-state index contributed by atoms with van der Waals surface area (Å²) in [6.45, 7) is 1.92. The third-order valence-electron chi connectivity index (χ3n) is 4.45. The van der Waals surface area contributed by atoms with Gasteiger partial charge in [-0.2, -0.15) is 5.10 Å². The highest BCUT2D eigenvalue weighted by Gasteiger charge is 2.25. The zero-order valence-corrected chi connectivity index (χ0v) is 16.4. The molecule has 0 aliphatic carbocycles. The minimum atomic E-state index is -3.51. The standard InChI is InChI=1S/C22H21N3O2S/c1-3-4-8-19(16-28(26,27)20-13-11-17(2)12-14-20)22-24-21(15-23-25-22)18-9-6-5-7-10-18/h1,5-7,9-15,19H,4,8,16H2,2H3. The van der Waals surface area contributed by atoms with Crippen LogP contribution in [0.4, 0.5) is 0 Å². The first kappa shape index (κ1) is 19.7. The van der Waals surface area contributed by atoms with E-state index in [-0.39, 0.29) is 10.6 Å². The Morgan fingerprint density at radius 1 is 1.07 bits per heavy atom. The van der Waals surface area contributed by atoms with E-state index in [4.69, 9.17) is 6.42 Å². The number of nitrogens with zero attached hydrogens (tertiary/aromatic N) is 3. The average molecular weight is 391 g/mol. The summed E-state index contributed by atoms with van der Waals surface area (Å²) in [6.07, 6.45) is 7.90. The van der Waals surface area contributed by atoms with Gasteiger partial charge in [-0.3, -0.25) is 0 Å². The Morgan fingerprint density at radius 2 is 1.79 bits per heavy atom. The van der Waals surface area contributed by atoms with E-state index < -0.39 is 15.8 Å². The zero-order valence-electron chi connectivity index (χ0n) is 15.6. The highest BCUT2D eigenvalue weighted by atomic mass is 32.2. The monoisotopic (exact) mass is 391 g/mol. The highest BCUT2D eigenvalue weighted by Crippen LogP contribution is 2.25. The molecule has 0 aliphatic rings. The average Bonchev–Trinajstić information content (AvgIpc) is 2.72. The lowest BCUT2D eigenvalue weighted by Gasteiger charge is -2.15. The SMILES string of the molecule is C#CCCC(CS(=O)(=O)c1ccc(C)cc1)c1nncc(-c2ccccc2)n1. The number of hydrogen-bond acceptors (Lipinski definition) is 5. The van der Waals surface area contributed by atoms with E-state index >= 15 is 0 Å². The first-order valence-electron chi connectivity index (χ1n) is 8.97. The van der Waals surface area contributed by atoms with Gasteiger partial charge in [0, 0.05) is 17.9 Å². The fraction of sp³-hybridized carbons (Fsp3) is 0.227. The lowest BCUT2D eigenvalue weighted by molar-refractivity contribution is 0.572. The van der Waals surface area contributed by atoms with E-state index in [0.29, 0.717) is 24.4 Å².